The van der Waals surface area contributed by atoms with Gasteiger partial charge >= 0.3 is 0 Å². The predicted octanol–water partition coefficient (Wildman–Crippen LogP) is 19.9. The SMILES string of the molecule is C=C/C(=C(/C)C(=C)c1ccccc1C)c1cc(C)c(N2c3cc4c(cc3B3c5cc(C(C)(C)C)ccc5N(c5c(C)cc(C(C)(C)C)cc5C)c5cc(C(C)(C)C)cc2c53)c2cc(C(C)(C)C)ccc2n4-c2c(C)cccc2C)c(C)c1. The van der Waals surface area contributed by atoms with Crippen LogP contribution in [-0.2, 0) is 21.7 Å². The number of aromatic nitrogens is 1. The predicted molar refractivity (Wildman–Crippen MR) is 361 cm³/mol. The Morgan fingerprint density at radius 1 is 0.427 bits per heavy atom. The first-order valence-electron chi connectivity index (χ1n) is 29.8. The van der Waals surface area contributed by atoms with Crippen molar-refractivity contribution in [2.75, 3.05) is 9.80 Å². The van der Waals surface area contributed by atoms with E-state index in [-0.39, 0.29) is 28.4 Å². The second-order valence-corrected chi connectivity index (χ2v) is 28.5. The smallest absolute Gasteiger partial charge is 0.252 e. The van der Waals surface area contributed by atoms with Gasteiger partial charge in [0.1, 0.15) is 0 Å². The van der Waals surface area contributed by atoms with Gasteiger partial charge in [-0.3, -0.25) is 0 Å². The highest BCUT2D eigenvalue weighted by molar-refractivity contribution is 7.00. The van der Waals surface area contributed by atoms with E-state index in [0.717, 1.165) is 27.8 Å². The van der Waals surface area contributed by atoms with E-state index in [9.17, 15) is 0 Å². The third kappa shape index (κ3) is 9.11. The van der Waals surface area contributed by atoms with E-state index in [1.54, 1.807) is 0 Å². The molecule has 1 aromatic heterocycles. The first-order chi connectivity index (χ1) is 38.4. The Morgan fingerprint density at radius 2 is 0.902 bits per heavy atom. The molecule has 2 aliphatic heterocycles. The normalized spacial score (nSPS) is 13.8. The highest BCUT2D eigenvalue weighted by Crippen LogP contribution is 2.51. The lowest BCUT2D eigenvalue weighted by molar-refractivity contribution is 0.589. The van der Waals surface area contributed by atoms with Gasteiger partial charge in [-0.2, -0.15) is 0 Å². The zero-order chi connectivity index (χ0) is 59.2. The van der Waals surface area contributed by atoms with E-state index in [1.165, 1.54) is 139 Å². The van der Waals surface area contributed by atoms with Crippen LogP contribution < -0.4 is 26.2 Å². The molecule has 8 aromatic carbocycles. The van der Waals surface area contributed by atoms with Crippen LogP contribution in [0.4, 0.5) is 34.1 Å². The van der Waals surface area contributed by atoms with Crippen molar-refractivity contribution >= 4 is 90.2 Å². The third-order valence-electron chi connectivity index (χ3n) is 18.4. The van der Waals surface area contributed by atoms with E-state index in [2.05, 4.69) is 293 Å². The molecule has 0 atom stereocenters. The van der Waals surface area contributed by atoms with E-state index >= 15 is 0 Å². The Kier molecular flexibility index (Phi) is 13.4. The molecule has 4 heteroatoms. The van der Waals surface area contributed by atoms with Gasteiger partial charge < -0.3 is 14.4 Å². The minimum Gasteiger partial charge on any atom is -0.311 e. The Bertz CT molecular complexity index is 4150. The molecule has 3 heterocycles. The van der Waals surface area contributed by atoms with Gasteiger partial charge in [-0.15, -0.1) is 0 Å². The summed E-state index contributed by atoms with van der Waals surface area (Å²) in [5.74, 6) is 0. The maximum Gasteiger partial charge on any atom is 0.252 e. The summed E-state index contributed by atoms with van der Waals surface area (Å²) in [4.78, 5) is 5.36. The zero-order valence-corrected chi connectivity index (χ0v) is 53.0. The lowest BCUT2D eigenvalue weighted by Gasteiger charge is -2.46. The van der Waals surface area contributed by atoms with Crippen molar-refractivity contribution in [3.05, 3.63) is 225 Å². The minimum atomic E-state index is -0.187. The molecule has 0 N–H and O–H groups in total. The molecule has 0 amide bonds. The molecule has 0 radical (unpaired) electrons. The number of fused-ring (bicyclic) bond motifs is 7. The van der Waals surface area contributed by atoms with Crippen LogP contribution in [0.25, 0.3) is 38.6 Å². The fraction of sp³-hybridized carbons (Fsp3) is 0.308. The molecule has 416 valence electrons. The standard InChI is InChI=1S/C78H86BN3/c1-23-59(52(9)53(10)60-30-25-24-27-45(60)2)54-35-48(5)73(49(6)36-54)82-68-44-67-62(61-39-55(75(11,12)13)31-33-65(61)80(67)72-46(3)28-26-29-47(72)4)43-64(68)79-63-40-56(76(14,15)16)32-34-66(63)81(69-41-58(78(20,21)22)42-70(82)71(69)79)74-50(7)37-57(38-51(74)8)77(17,18)19/h23-44H,1,10H2,2-9,11-22H3/b59-52+. The summed E-state index contributed by atoms with van der Waals surface area (Å²) < 4.78 is 2.59. The Labute approximate surface area is 492 Å². The second-order valence-electron chi connectivity index (χ2n) is 28.5. The number of anilines is 6. The number of hydrogen-bond acceptors (Lipinski definition) is 2. The van der Waals surface area contributed by atoms with Crippen molar-refractivity contribution in [3.63, 3.8) is 0 Å². The number of para-hydroxylation sites is 1. The van der Waals surface area contributed by atoms with E-state index in [0.29, 0.717) is 0 Å². The number of hydrogen-bond donors (Lipinski definition) is 0. The lowest BCUT2D eigenvalue weighted by atomic mass is 9.33. The number of benzene rings is 8. The van der Waals surface area contributed by atoms with Gasteiger partial charge in [0.2, 0.25) is 0 Å². The van der Waals surface area contributed by atoms with E-state index in [4.69, 9.17) is 0 Å². The number of aryl methyl sites for hydroxylation is 7. The van der Waals surface area contributed by atoms with Gasteiger partial charge in [0.25, 0.3) is 6.71 Å². The van der Waals surface area contributed by atoms with E-state index < -0.39 is 0 Å². The summed E-state index contributed by atoms with van der Waals surface area (Å²) in [5.41, 5.74) is 34.2. The molecular weight excluding hydrogens is 990 g/mol. The van der Waals surface area contributed by atoms with Crippen LogP contribution >= 0.6 is 0 Å². The van der Waals surface area contributed by atoms with Crippen molar-refractivity contribution in [3.8, 4) is 5.69 Å². The average molecular weight is 1080 g/mol. The fourth-order valence-corrected chi connectivity index (χ4v) is 13.7. The van der Waals surface area contributed by atoms with Crippen LogP contribution in [0.2, 0.25) is 0 Å². The zero-order valence-electron chi connectivity index (χ0n) is 53.0. The van der Waals surface area contributed by atoms with Crippen LogP contribution in [0.3, 0.4) is 0 Å². The maximum atomic E-state index is 4.69. The molecule has 11 rings (SSSR count). The third-order valence-corrected chi connectivity index (χ3v) is 18.4. The topological polar surface area (TPSA) is 11.4 Å². The van der Waals surface area contributed by atoms with Crippen LogP contribution in [0.5, 0.6) is 0 Å². The van der Waals surface area contributed by atoms with E-state index in [1.807, 2.05) is 6.08 Å². The molecule has 0 spiro atoms. The fourth-order valence-electron chi connectivity index (χ4n) is 13.7. The Hall–Kier alpha value is -7.56. The summed E-state index contributed by atoms with van der Waals surface area (Å²) in [6, 6.07) is 50.0. The van der Waals surface area contributed by atoms with Crippen molar-refractivity contribution in [2.45, 2.75) is 160 Å². The van der Waals surface area contributed by atoms with Crippen molar-refractivity contribution in [1.82, 2.24) is 4.57 Å². The molecule has 3 nitrogen and oxygen atoms in total. The minimum absolute atomic E-state index is 0.00278. The van der Waals surface area contributed by atoms with Crippen molar-refractivity contribution < 1.29 is 0 Å². The van der Waals surface area contributed by atoms with Gasteiger partial charge in [0.15, 0.2) is 0 Å². The summed E-state index contributed by atoms with van der Waals surface area (Å²) in [6.45, 7) is 55.5. The second kappa shape index (κ2) is 19.5. The summed E-state index contributed by atoms with van der Waals surface area (Å²) in [7, 11) is 0. The van der Waals surface area contributed by atoms with Gasteiger partial charge in [-0.05, 0) is 231 Å². The largest absolute Gasteiger partial charge is 0.311 e. The van der Waals surface area contributed by atoms with Crippen LogP contribution in [0, 0.1) is 48.5 Å². The maximum absolute atomic E-state index is 4.69. The lowest BCUT2D eigenvalue weighted by Crippen LogP contribution is -2.61. The first-order valence-corrected chi connectivity index (χ1v) is 29.8. The van der Waals surface area contributed by atoms with Gasteiger partial charge in [0.05, 0.1) is 28.1 Å². The summed E-state index contributed by atoms with van der Waals surface area (Å²) >= 11 is 0. The highest BCUT2D eigenvalue weighted by atomic mass is 15.2. The first kappa shape index (κ1) is 56.3. The van der Waals surface area contributed by atoms with Crippen molar-refractivity contribution in [2.24, 2.45) is 0 Å². The average Bonchev–Trinajstić information content (AvgIpc) is 3.07. The summed E-state index contributed by atoms with van der Waals surface area (Å²) in [6.07, 6.45) is 2.03. The summed E-state index contributed by atoms with van der Waals surface area (Å²) in [5, 5.41) is 2.55. The molecular formula is C78H86BN3. The van der Waals surface area contributed by atoms with Gasteiger partial charge in [0, 0.05) is 33.5 Å². The molecule has 0 saturated heterocycles. The molecule has 9 aromatic rings. The van der Waals surface area contributed by atoms with Gasteiger partial charge in [-0.25, -0.2) is 0 Å². The Balaban J connectivity index is 1.32. The number of allylic oxidation sites excluding steroid dienone is 4. The number of rotatable bonds is 7. The molecule has 2 aliphatic rings. The van der Waals surface area contributed by atoms with Crippen LogP contribution in [0.1, 0.15) is 162 Å². The monoisotopic (exact) mass is 1080 g/mol. The van der Waals surface area contributed by atoms with Crippen molar-refractivity contribution in [1.29, 1.82) is 0 Å². The van der Waals surface area contributed by atoms with Gasteiger partial charge in [-0.1, -0.05) is 181 Å². The molecule has 0 aliphatic carbocycles. The van der Waals surface area contributed by atoms with Crippen LogP contribution in [-0.4, -0.2) is 11.3 Å². The quantitative estimate of drug-likeness (QED) is 0.116. The van der Waals surface area contributed by atoms with Crippen LogP contribution in [0.15, 0.2) is 152 Å². The molecule has 0 saturated carbocycles. The molecule has 82 heavy (non-hydrogen) atoms. The Morgan fingerprint density at radius 3 is 1.45 bits per heavy atom. The molecule has 0 fully saturated rings. The number of nitrogens with zero attached hydrogens (tertiary/aromatic N) is 3. The highest BCUT2D eigenvalue weighted by Gasteiger charge is 2.46. The molecule has 0 bridgehead atoms. The molecule has 0 unspecified atom stereocenters.